The largest absolute Gasteiger partial charge is 0.481 e. The van der Waals surface area contributed by atoms with Gasteiger partial charge < -0.3 is 10.1 Å². The fourth-order valence-corrected chi connectivity index (χ4v) is 1.04. The lowest BCUT2D eigenvalue weighted by Crippen LogP contribution is -2.28. The minimum absolute atomic E-state index is 0.201. The van der Waals surface area contributed by atoms with Crippen LogP contribution >= 0.6 is 0 Å². The standard InChI is InChI=1S/C9H17NO2/c1-9(2,3)7(8(11)12)5-6-10-4/h6-7H,5H2,1-4H3,(H,11,12)/b10-6+/t7-/m0/s1. The summed E-state index contributed by atoms with van der Waals surface area (Å²) < 4.78 is 0. The first kappa shape index (κ1) is 11.1. The van der Waals surface area contributed by atoms with Crippen LogP contribution in [0.15, 0.2) is 4.99 Å². The van der Waals surface area contributed by atoms with Crippen LogP contribution in [-0.4, -0.2) is 24.3 Å². The van der Waals surface area contributed by atoms with E-state index < -0.39 is 5.97 Å². The zero-order valence-corrected chi connectivity index (χ0v) is 8.16. The first-order valence-electron chi connectivity index (χ1n) is 4.03. The molecule has 0 heterocycles. The fourth-order valence-electron chi connectivity index (χ4n) is 1.04. The first-order valence-corrected chi connectivity index (χ1v) is 4.03. The average molecular weight is 171 g/mol. The Morgan fingerprint density at radius 3 is 2.33 bits per heavy atom. The topological polar surface area (TPSA) is 49.7 Å². The molecule has 0 aromatic carbocycles. The molecule has 0 saturated heterocycles. The third-order valence-electron chi connectivity index (χ3n) is 1.87. The van der Waals surface area contributed by atoms with Crippen LogP contribution in [0.3, 0.4) is 0 Å². The third kappa shape index (κ3) is 3.51. The van der Waals surface area contributed by atoms with Gasteiger partial charge in [0.05, 0.1) is 5.92 Å². The van der Waals surface area contributed by atoms with Crippen molar-refractivity contribution in [3.63, 3.8) is 0 Å². The van der Waals surface area contributed by atoms with Crippen molar-refractivity contribution in [2.45, 2.75) is 27.2 Å². The molecule has 0 aliphatic heterocycles. The molecule has 0 saturated carbocycles. The highest BCUT2D eigenvalue weighted by molar-refractivity contribution is 5.75. The zero-order valence-electron chi connectivity index (χ0n) is 8.16. The summed E-state index contributed by atoms with van der Waals surface area (Å²) in [7, 11) is 1.65. The van der Waals surface area contributed by atoms with Crippen molar-refractivity contribution >= 4 is 12.2 Å². The maximum absolute atomic E-state index is 10.8. The smallest absolute Gasteiger partial charge is 0.307 e. The van der Waals surface area contributed by atoms with Crippen LogP contribution in [0.1, 0.15) is 27.2 Å². The van der Waals surface area contributed by atoms with E-state index >= 15 is 0 Å². The molecule has 3 heteroatoms. The highest BCUT2D eigenvalue weighted by Crippen LogP contribution is 2.28. The van der Waals surface area contributed by atoms with E-state index in [0.717, 1.165) is 0 Å². The molecule has 0 aliphatic carbocycles. The Bertz CT molecular complexity index is 179. The van der Waals surface area contributed by atoms with Crippen LogP contribution in [0.4, 0.5) is 0 Å². The van der Waals surface area contributed by atoms with Crippen LogP contribution in [0.25, 0.3) is 0 Å². The summed E-state index contributed by atoms with van der Waals surface area (Å²) in [6, 6.07) is 0. The second kappa shape index (κ2) is 4.24. The zero-order chi connectivity index (χ0) is 9.78. The molecule has 0 aromatic heterocycles. The van der Waals surface area contributed by atoms with Gasteiger partial charge in [-0.3, -0.25) is 4.79 Å². The fraction of sp³-hybridized carbons (Fsp3) is 0.778. The van der Waals surface area contributed by atoms with E-state index in [4.69, 9.17) is 5.11 Å². The number of carboxylic acid groups (broad SMARTS) is 1. The van der Waals surface area contributed by atoms with Gasteiger partial charge >= 0.3 is 5.97 Å². The molecule has 12 heavy (non-hydrogen) atoms. The van der Waals surface area contributed by atoms with Gasteiger partial charge in [0.15, 0.2) is 0 Å². The molecule has 3 nitrogen and oxygen atoms in total. The predicted octanol–water partition coefficient (Wildman–Crippen LogP) is 1.82. The SMILES string of the molecule is C/N=C/C[C@@H](C(=O)O)C(C)(C)C. The summed E-state index contributed by atoms with van der Waals surface area (Å²) in [4.78, 5) is 14.6. The number of carbonyl (C=O) groups is 1. The van der Waals surface area contributed by atoms with Crippen molar-refractivity contribution in [2.24, 2.45) is 16.3 Å². The molecule has 1 atom stereocenters. The lowest BCUT2D eigenvalue weighted by atomic mass is 9.79. The molecule has 1 N–H and O–H groups in total. The van der Waals surface area contributed by atoms with Gasteiger partial charge in [0.25, 0.3) is 0 Å². The summed E-state index contributed by atoms with van der Waals surface area (Å²) in [6.07, 6.45) is 2.17. The van der Waals surface area contributed by atoms with Crippen molar-refractivity contribution in [1.29, 1.82) is 0 Å². The van der Waals surface area contributed by atoms with Crippen LogP contribution in [0.5, 0.6) is 0 Å². The minimum atomic E-state index is -0.748. The molecule has 70 valence electrons. The number of hydrogen-bond donors (Lipinski definition) is 1. The summed E-state index contributed by atoms with van der Waals surface area (Å²) in [6.45, 7) is 5.78. The number of nitrogens with zero attached hydrogens (tertiary/aromatic N) is 1. The molecule has 0 bridgehead atoms. The summed E-state index contributed by atoms with van der Waals surface area (Å²) >= 11 is 0. The number of hydrogen-bond acceptors (Lipinski definition) is 2. The normalized spacial score (nSPS) is 15.0. The van der Waals surface area contributed by atoms with Gasteiger partial charge in [0.1, 0.15) is 0 Å². The van der Waals surface area contributed by atoms with Crippen LogP contribution in [0.2, 0.25) is 0 Å². The van der Waals surface area contributed by atoms with E-state index in [-0.39, 0.29) is 11.3 Å². The van der Waals surface area contributed by atoms with Crippen LogP contribution < -0.4 is 0 Å². The predicted molar refractivity (Wildman–Crippen MR) is 49.6 cm³/mol. The third-order valence-corrected chi connectivity index (χ3v) is 1.87. The first-order chi connectivity index (χ1) is 5.39. The van der Waals surface area contributed by atoms with Crippen molar-refractivity contribution in [1.82, 2.24) is 0 Å². The molecule has 0 amide bonds. The highest BCUT2D eigenvalue weighted by atomic mass is 16.4. The Morgan fingerprint density at radius 1 is 1.58 bits per heavy atom. The lowest BCUT2D eigenvalue weighted by Gasteiger charge is -2.25. The quantitative estimate of drug-likeness (QED) is 0.658. The van der Waals surface area contributed by atoms with Gasteiger partial charge in [0, 0.05) is 7.05 Å². The van der Waals surface area contributed by atoms with Gasteiger partial charge in [-0.2, -0.15) is 0 Å². The monoisotopic (exact) mass is 171 g/mol. The maximum Gasteiger partial charge on any atom is 0.307 e. The van der Waals surface area contributed by atoms with Crippen LogP contribution in [-0.2, 0) is 4.79 Å². The number of aliphatic imine (C=N–C) groups is 1. The van der Waals surface area contributed by atoms with Crippen LogP contribution in [0, 0.1) is 11.3 Å². The molecule has 0 aliphatic rings. The van der Waals surface area contributed by atoms with E-state index in [0.29, 0.717) is 6.42 Å². The average Bonchev–Trinajstić information content (AvgIpc) is 1.84. The lowest BCUT2D eigenvalue weighted by molar-refractivity contribution is -0.145. The number of aliphatic carboxylic acids is 1. The Balaban J connectivity index is 4.35. The number of carboxylic acids is 1. The summed E-state index contributed by atoms with van der Waals surface area (Å²) in [5.41, 5.74) is -0.201. The summed E-state index contributed by atoms with van der Waals surface area (Å²) in [5, 5.41) is 8.87. The van der Waals surface area contributed by atoms with E-state index in [1.807, 2.05) is 20.8 Å². The molecule has 0 fully saturated rings. The molecule has 0 spiro atoms. The maximum atomic E-state index is 10.8. The van der Waals surface area contributed by atoms with Crippen molar-refractivity contribution in [3.05, 3.63) is 0 Å². The van der Waals surface area contributed by atoms with E-state index in [1.54, 1.807) is 13.3 Å². The van der Waals surface area contributed by atoms with Gasteiger partial charge in [0.2, 0.25) is 0 Å². The Morgan fingerprint density at radius 2 is 2.08 bits per heavy atom. The molecule has 0 radical (unpaired) electrons. The molecule has 0 unspecified atom stereocenters. The Labute approximate surface area is 73.5 Å². The Hall–Kier alpha value is -0.860. The van der Waals surface area contributed by atoms with Crippen molar-refractivity contribution in [2.75, 3.05) is 7.05 Å². The van der Waals surface area contributed by atoms with Gasteiger partial charge in [-0.15, -0.1) is 0 Å². The molecule has 0 rings (SSSR count). The Kier molecular flexibility index (Phi) is 3.93. The number of rotatable bonds is 3. The minimum Gasteiger partial charge on any atom is -0.481 e. The highest BCUT2D eigenvalue weighted by Gasteiger charge is 2.29. The second-order valence-corrected chi connectivity index (χ2v) is 3.93. The van der Waals surface area contributed by atoms with Gasteiger partial charge in [-0.05, 0) is 18.1 Å². The van der Waals surface area contributed by atoms with E-state index in [1.165, 1.54) is 0 Å². The van der Waals surface area contributed by atoms with Gasteiger partial charge in [-0.1, -0.05) is 20.8 Å². The van der Waals surface area contributed by atoms with E-state index in [2.05, 4.69) is 4.99 Å². The van der Waals surface area contributed by atoms with Crippen molar-refractivity contribution in [3.8, 4) is 0 Å². The second-order valence-electron chi connectivity index (χ2n) is 3.93. The molecular weight excluding hydrogens is 154 g/mol. The summed E-state index contributed by atoms with van der Waals surface area (Å²) in [5.74, 6) is -1.09. The van der Waals surface area contributed by atoms with E-state index in [9.17, 15) is 4.79 Å². The van der Waals surface area contributed by atoms with Gasteiger partial charge in [-0.25, -0.2) is 0 Å². The molecule has 0 aromatic rings. The molecular formula is C9H17NO2. The van der Waals surface area contributed by atoms with Crippen molar-refractivity contribution < 1.29 is 9.90 Å².